The molecule has 1 aliphatic rings. The quantitative estimate of drug-likeness (QED) is 0.834. The molecular formula is C13H15N5O2. The summed E-state index contributed by atoms with van der Waals surface area (Å²) >= 11 is 0. The van der Waals surface area contributed by atoms with Crippen molar-refractivity contribution < 1.29 is 0 Å². The zero-order valence-corrected chi connectivity index (χ0v) is 10.9. The van der Waals surface area contributed by atoms with Crippen LogP contribution in [0.25, 0.3) is 0 Å². The van der Waals surface area contributed by atoms with Crippen molar-refractivity contribution in [2.24, 2.45) is 0 Å². The summed E-state index contributed by atoms with van der Waals surface area (Å²) in [5.41, 5.74) is 0.0119. The molecule has 7 nitrogen and oxygen atoms in total. The number of piperidine rings is 1. The number of nitrogens with one attached hydrogen (secondary N) is 2. The zero-order chi connectivity index (χ0) is 13.9. The summed E-state index contributed by atoms with van der Waals surface area (Å²) < 4.78 is 0. The topological polar surface area (TPSA) is 94.7 Å². The van der Waals surface area contributed by atoms with Gasteiger partial charge in [-0.25, -0.2) is 9.89 Å². The highest BCUT2D eigenvalue weighted by molar-refractivity contribution is 5.39. The minimum Gasteiger partial charge on any atom is -0.344 e. The van der Waals surface area contributed by atoms with Crippen molar-refractivity contribution >= 4 is 5.82 Å². The lowest BCUT2D eigenvalue weighted by Gasteiger charge is -2.35. The third kappa shape index (κ3) is 2.34. The summed E-state index contributed by atoms with van der Waals surface area (Å²) in [7, 11) is 0. The van der Waals surface area contributed by atoms with E-state index in [1.54, 1.807) is 6.20 Å². The minimum absolute atomic E-state index is 0.0666. The molecule has 20 heavy (non-hydrogen) atoms. The van der Waals surface area contributed by atoms with Gasteiger partial charge in [0.15, 0.2) is 0 Å². The van der Waals surface area contributed by atoms with Crippen molar-refractivity contribution in [3.8, 4) is 0 Å². The summed E-state index contributed by atoms with van der Waals surface area (Å²) in [5, 5.41) is 6.19. The van der Waals surface area contributed by atoms with E-state index in [-0.39, 0.29) is 11.9 Å². The first-order chi connectivity index (χ1) is 9.75. The van der Waals surface area contributed by atoms with E-state index in [1.807, 2.05) is 23.2 Å². The molecule has 0 amide bonds. The second-order valence-corrected chi connectivity index (χ2v) is 4.82. The number of anilines is 1. The fraction of sp³-hybridized carbons (Fsp3) is 0.385. The van der Waals surface area contributed by atoms with Crippen LogP contribution >= 0.6 is 0 Å². The molecule has 104 valence electrons. The maximum Gasteiger partial charge on any atom is 0.342 e. The number of rotatable bonds is 2. The summed E-state index contributed by atoms with van der Waals surface area (Å²) in [6.07, 6.45) is 6.56. The van der Waals surface area contributed by atoms with E-state index in [0.717, 1.165) is 31.4 Å². The standard InChI is InChI=1S/C13H15N5O2/c19-12-11(16-17-13(20)15-12)18-7-2-1-5-10(18)9-4-3-6-14-8-9/h3-4,6,8,10H,1-2,5,7H2,(H2,15,17,19,20). The average molecular weight is 273 g/mol. The number of hydrogen-bond acceptors (Lipinski definition) is 5. The second-order valence-electron chi connectivity index (χ2n) is 4.82. The lowest BCUT2D eigenvalue weighted by Crippen LogP contribution is -2.40. The van der Waals surface area contributed by atoms with E-state index in [4.69, 9.17) is 0 Å². The van der Waals surface area contributed by atoms with Gasteiger partial charge in [-0.3, -0.25) is 14.8 Å². The van der Waals surface area contributed by atoms with Gasteiger partial charge in [0.2, 0.25) is 5.82 Å². The molecular weight excluding hydrogens is 258 g/mol. The number of pyridine rings is 1. The molecule has 3 heterocycles. The van der Waals surface area contributed by atoms with Gasteiger partial charge in [-0.15, -0.1) is 5.10 Å². The lowest BCUT2D eigenvalue weighted by molar-refractivity contribution is 0.465. The van der Waals surface area contributed by atoms with E-state index in [9.17, 15) is 9.59 Å². The van der Waals surface area contributed by atoms with Crippen LogP contribution in [0.2, 0.25) is 0 Å². The van der Waals surface area contributed by atoms with Crippen LogP contribution in [0.15, 0.2) is 34.1 Å². The molecule has 2 aromatic heterocycles. The molecule has 0 bridgehead atoms. The van der Waals surface area contributed by atoms with E-state index in [0.29, 0.717) is 0 Å². The summed E-state index contributed by atoms with van der Waals surface area (Å²) in [4.78, 5) is 31.3. The SMILES string of the molecule is O=c1[nH]nc(N2CCCCC2c2cccnc2)c(=O)[nH]1. The third-order valence-corrected chi connectivity index (χ3v) is 3.54. The molecule has 1 aliphatic heterocycles. The molecule has 0 saturated carbocycles. The zero-order valence-electron chi connectivity index (χ0n) is 10.9. The maximum absolute atomic E-state index is 11.9. The fourth-order valence-electron chi connectivity index (χ4n) is 2.64. The Balaban J connectivity index is 2.01. The predicted molar refractivity (Wildman–Crippen MR) is 73.7 cm³/mol. The molecule has 1 atom stereocenters. The van der Waals surface area contributed by atoms with Crippen LogP contribution in [0, 0.1) is 0 Å². The average Bonchev–Trinajstić information content (AvgIpc) is 2.48. The van der Waals surface area contributed by atoms with Gasteiger partial charge in [0.1, 0.15) is 0 Å². The van der Waals surface area contributed by atoms with Crippen molar-refractivity contribution in [2.45, 2.75) is 25.3 Å². The monoisotopic (exact) mass is 273 g/mol. The van der Waals surface area contributed by atoms with Crippen molar-refractivity contribution in [3.05, 3.63) is 50.9 Å². The molecule has 1 unspecified atom stereocenters. The molecule has 7 heteroatoms. The Labute approximate surface area is 114 Å². The Hall–Kier alpha value is -2.44. The van der Waals surface area contributed by atoms with Crippen LogP contribution in [-0.2, 0) is 0 Å². The number of aromatic amines is 2. The molecule has 2 aromatic rings. The first-order valence-electron chi connectivity index (χ1n) is 6.61. The van der Waals surface area contributed by atoms with Gasteiger partial charge in [0, 0.05) is 18.9 Å². The molecule has 0 aliphatic carbocycles. The van der Waals surface area contributed by atoms with E-state index >= 15 is 0 Å². The molecule has 3 rings (SSSR count). The lowest BCUT2D eigenvalue weighted by atomic mass is 9.96. The number of hydrogen-bond donors (Lipinski definition) is 2. The largest absolute Gasteiger partial charge is 0.344 e. The van der Waals surface area contributed by atoms with Crippen LogP contribution in [0.5, 0.6) is 0 Å². The van der Waals surface area contributed by atoms with Crippen molar-refractivity contribution in [1.29, 1.82) is 0 Å². The third-order valence-electron chi connectivity index (χ3n) is 3.54. The molecule has 1 saturated heterocycles. The highest BCUT2D eigenvalue weighted by Crippen LogP contribution is 2.31. The second kappa shape index (κ2) is 5.28. The van der Waals surface area contributed by atoms with Gasteiger partial charge in [-0.2, -0.15) is 0 Å². The predicted octanol–water partition coefficient (Wildman–Crippen LogP) is 0.585. The first kappa shape index (κ1) is 12.6. The molecule has 2 N–H and O–H groups in total. The van der Waals surface area contributed by atoms with Gasteiger partial charge in [-0.1, -0.05) is 6.07 Å². The summed E-state index contributed by atoms with van der Waals surface area (Å²) in [6, 6.07) is 3.94. The Morgan fingerprint density at radius 1 is 1.30 bits per heavy atom. The van der Waals surface area contributed by atoms with Gasteiger partial charge in [0.05, 0.1) is 6.04 Å². The van der Waals surface area contributed by atoms with Crippen molar-refractivity contribution in [1.82, 2.24) is 20.2 Å². The van der Waals surface area contributed by atoms with Crippen LogP contribution in [0.1, 0.15) is 30.9 Å². The normalized spacial score (nSPS) is 19.0. The van der Waals surface area contributed by atoms with Crippen molar-refractivity contribution in [3.63, 3.8) is 0 Å². The number of nitrogens with zero attached hydrogens (tertiary/aromatic N) is 3. The number of H-pyrrole nitrogens is 2. The highest BCUT2D eigenvalue weighted by Gasteiger charge is 2.27. The Bertz CT molecular complexity index is 694. The number of aromatic nitrogens is 4. The smallest absolute Gasteiger partial charge is 0.342 e. The first-order valence-corrected chi connectivity index (χ1v) is 6.61. The summed E-state index contributed by atoms with van der Waals surface area (Å²) in [5.74, 6) is 0.262. The Morgan fingerprint density at radius 2 is 2.20 bits per heavy atom. The van der Waals surface area contributed by atoms with Crippen LogP contribution < -0.4 is 16.1 Å². The molecule has 1 fully saturated rings. The van der Waals surface area contributed by atoms with E-state index < -0.39 is 11.2 Å². The fourth-order valence-corrected chi connectivity index (χ4v) is 2.64. The minimum atomic E-state index is -0.589. The van der Waals surface area contributed by atoms with Gasteiger partial charge < -0.3 is 4.90 Å². The van der Waals surface area contributed by atoms with E-state index in [1.165, 1.54) is 0 Å². The van der Waals surface area contributed by atoms with Gasteiger partial charge >= 0.3 is 5.69 Å². The van der Waals surface area contributed by atoms with Crippen LogP contribution in [0.3, 0.4) is 0 Å². The highest BCUT2D eigenvalue weighted by atomic mass is 16.2. The van der Waals surface area contributed by atoms with Gasteiger partial charge in [-0.05, 0) is 30.9 Å². The van der Waals surface area contributed by atoms with E-state index in [2.05, 4.69) is 20.2 Å². The maximum atomic E-state index is 11.9. The van der Waals surface area contributed by atoms with Crippen LogP contribution in [0.4, 0.5) is 5.82 Å². The summed E-state index contributed by atoms with van der Waals surface area (Å²) in [6.45, 7) is 0.738. The molecule has 0 aromatic carbocycles. The molecule has 0 spiro atoms. The van der Waals surface area contributed by atoms with Crippen LogP contribution in [-0.4, -0.2) is 26.7 Å². The van der Waals surface area contributed by atoms with Crippen molar-refractivity contribution in [2.75, 3.05) is 11.4 Å². The Kier molecular flexibility index (Phi) is 3.32. The van der Waals surface area contributed by atoms with Gasteiger partial charge in [0.25, 0.3) is 5.56 Å². The molecule has 0 radical (unpaired) electrons. The Morgan fingerprint density at radius 3 is 2.95 bits per heavy atom.